The molecule has 1 saturated heterocycles. The minimum atomic E-state index is -0.605. The van der Waals surface area contributed by atoms with Crippen LogP contribution < -0.4 is 0 Å². The quantitative estimate of drug-likeness (QED) is 0.332. The molecule has 1 heterocycles. The molecular formula is C26H30BrNO5P+. The van der Waals surface area contributed by atoms with Crippen LogP contribution in [0, 0.1) is 0 Å². The first-order chi connectivity index (χ1) is 15.9. The van der Waals surface area contributed by atoms with Gasteiger partial charge in [-0.3, -0.25) is 4.79 Å². The number of halogens is 1. The standard InChI is InChI=1S/C26H30BrNO5P/c1-26(2,3)33-24(30)18-11-9-17(10-12-18)13-22(19-7-6-8-20(27)14-19)23(29)28-21(16-34(4)5)15-32-25(28)31/h6-12,14,21-22H,4,13,15-16H2,1-3,5H3/q+1. The molecule has 3 unspecified atom stereocenters. The lowest BCUT2D eigenvalue weighted by atomic mass is 9.90. The summed E-state index contributed by atoms with van der Waals surface area (Å²) in [7, 11) is -0.556. The predicted molar refractivity (Wildman–Crippen MR) is 139 cm³/mol. The number of hydrogen-bond donors (Lipinski definition) is 0. The van der Waals surface area contributed by atoms with E-state index in [0.717, 1.165) is 15.6 Å². The molecule has 2 aromatic carbocycles. The van der Waals surface area contributed by atoms with Crippen molar-refractivity contribution in [1.82, 2.24) is 4.90 Å². The van der Waals surface area contributed by atoms with Crippen LogP contribution in [0.2, 0.25) is 0 Å². The molecule has 2 amide bonds. The van der Waals surface area contributed by atoms with E-state index in [2.05, 4.69) is 22.2 Å². The van der Waals surface area contributed by atoms with Crippen LogP contribution in [0.1, 0.15) is 48.2 Å². The van der Waals surface area contributed by atoms with Crippen molar-refractivity contribution >= 4 is 47.7 Å². The fourth-order valence-electron chi connectivity index (χ4n) is 3.81. The number of esters is 1. The highest BCUT2D eigenvalue weighted by atomic mass is 79.9. The second-order valence-electron chi connectivity index (χ2n) is 9.49. The molecule has 180 valence electrons. The van der Waals surface area contributed by atoms with E-state index in [9.17, 15) is 14.4 Å². The Morgan fingerprint density at radius 2 is 1.91 bits per heavy atom. The molecule has 3 atom stereocenters. The van der Waals surface area contributed by atoms with Crippen molar-refractivity contribution in [3.63, 3.8) is 0 Å². The highest BCUT2D eigenvalue weighted by molar-refractivity contribution is 9.10. The van der Waals surface area contributed by atoms with Crippen LogP contribution in [0.4, 0.5) is 4.79 Å². The van der Waals surface area contributed by atoms with Gasteiger partial charge >= 0.3 is 12.1 Å². The van der Waals surface area contributed by atoms with Crippen LogP contribution in [0.15, 0.2) is 53.0 Å². The highest BCUT2D eigenvalue weighted by Gasteiger charge is 2.42. The Morgan fingerprint density at radius 3 is 2.50 bits per heavy atom. The van der Waals surface area contributed by atoms with Gasteiger partial charge in [0.25, 0.3) is 0 Å². The maximum atomic E-state index is 13.7. The van der Waals surface area contributed by atoms with Crippen molar-refractivity contribution in [3.8, 4) is 0 Å². The smallest absolute Gasteiger partial charge is 0.417 e. The molecule has 0 N–H and O–H groups in total. The predicted octanol–water partition coefficient (Wildman–Crippen LogP) is 5.62. The number of cyclic esters (lactones) is 1. The average Bonchev–Trinajstić information content (AvgIpc) is 3.10. The van der Waals surface area contributed by atoms with Crippen molar-refractivity contribution in [2.24, 2.45) is 0 Å². The number of ether oxygens (including phenoxy) is 2. The zero-order valence-electron chi connectivity index (χ0n) is 19.9. The van der Waals surface area contributed by atoms with Gasteiger partial charge in [0.1, 0.15) is 24.4 Å². The van der Waals surface area contributed by atoms with Crippen LogP contribution >= 0.6 is 23.5 Å². The largest absolute Gasteiger partial charge is 0.456 e. The number of benzene rings is 2. The van der Waals surface area contributed by atoms with Crippen molar-refractivity contribution in [2.75, 3.05) is 19.4 Å². The molecule has 0 aliphatic carbocycles. The Hall–Kier alpha value is -2.50. The molecule has 1 fully saturated rings. The molecule has 1 aliphatic rings. The topological polar surface area (TPSA) is 72.9 Å². The van der Waals surface area contributed by atoms with Gasteiger partial charge in [-0.25, -0.2) is 14.5 Å². The van der Waals surface area contributed by atoms with E-state index in [-0.39, 0.29) is 18.6 Å². The van der Waals surface area contributed by atoms with Gasteiger partial charge in [0.05, 0.1) is 32.0 Å². The van der Waals surface area contributed by atoms with E-state index in [1.54, 1.807) is 12.1 Å². The molecule has 0 saturated carbocycles. The number of carbonyl (C=O) groups excluding carboxylic acids is 3. The van der Waals surface area contributed by atoms with E-state index < -0.39 is 31.1 Å². The number of hydrogen-bond acceptors (Lipinski definition) is 5. The molecular weight excluding hydrogens is 517 g/mol. The van der Waals surface area contributed by atoms with Gasteiger partial charge in [0, 0.05) is 4.47 Å². The minimum Gasteiger partial charge on any atom is -0.456 e. The van der Waals surface area contributed by atoms with E-state index in [4.69, 9.17) is 9.47 Å². The Kier molecular flexibility index (Phi) is 8.32. The summed E-state index contributed by atoms with van der Waals surface area (Å²) < 4.78 is 11.5. The van der Waals surface area contributed by atoms with Crippen LogP contribution in [0.5, 0.6) is 0 Å². The summed E-state index contributed by atoms with van der Waals surface area (Å²) in [5.41, 5.74) is 1.52. The molecule has 0 radical (unpaired) electrons. The first-order valence-corrected chi connectivity index (χ1v) is 14.0. The molecule has 0 bridgehead atoms. The van der Waals surface area contributed by atoms with Gasteiger partial charge in [-0.1, -0.05) is 40.2 Å². The van der Waals surface area contributed by atoms with Gasteiger partial charge < -0.3 is 9.47 Å². The van der Waals surface area contributed by atoms with Crippen molar-refractivity contribution < 1.29 is 23.9 Å². The summed E-state index contributed by atoms with van der Waals surface area (Å²) in [5.74, 6) is -1.28. The molecule has 8 heteroatoms. The zero-order valence-corrected chi connectivity index (χ0v) is 22.4. The van der Waals surface area contributed by atoms with Crippen LogP contribution in [-0.4, -0.2) is 60.2 Å². The summed E-state index contributed by atoms with van der Waals surface area (Å²) in [6.45, 7) is 7.67. The highest BCUT2D eigenvalue weighted by Crippen LogP contribution is 2.31. The van der Waals surface area contributed by atoms with Gasteiger partial charge in [-0.05, 0) is 62.6 Å². The third-order valence-corrected chi connectivity index (χ3v) is 6.84. The first-order valence-electron chi connectivity index (χ1n) is 11.0. The number of amides is 2. The zero-order chi connectivity index (χ0) is 25.0. The fourth-order valence-corrected chi connectivity index (χ4v) is 5.22. The van der Waals surface area contributed by atoms with Crippen LogP contribution in [0.3, 0.4) is 0 Å². The van der Waals surface area contributed by atoms with E-state index >= 15 is 0 Å². The average molecular weight is 547 g/mol. The number of carbonyl (C=O) groups is 3. The monoisotopic (exact) mass is 546 g/mol. The molecule has 6 nitrogen and oxygen atoms in total. The molecule has 3 rings (SSSR count). The minimum absolute atomic E-state index is 0.197. The molecule has 1 aliphatic heterocycles. The lowest BCUT2D eigenvalue weighted by Gasteiger charge is -2.24. The number of rotatable bonds is 7. The third-order valence-electron chi connectivity index (χ3n) is 5.30. The van der Waals surface area contributed by atoms with E-state index in [0.29, 0.717) is 18.1 Å². The van der Waals surface area contributed by atoms with E-state index in [1.807, 2.05) is 63.8 Å². The van der Waals surface area contributed by atoms with Crippen LogP contribution in [-0.2, 0) is 20.7 Å². The maximum absolute atomic E-state index is 13.7. The number of nitrogens with zero attached hydrogens (tertiary/aromatic N) is 1. The van der Waals surface area contributed by atoms with Crippen LogP contribution in [0.25, 0.3) is 0 Å². The molecule has 0 spiro atoms. The van der Waals surface area contributed by atoms with Crippen molar-refractivity contribution in [2.45, 2.75) is 44.8 Å². The van der Waals surface area contributed by atoms with Gasteiger partial charge in [0.15, 0.2) is 0 Å². The lowest BCUT2D eigenvalue weighted by Crippen LogP contribution is -2.43. The normalized spacial score (nSPS) is 17.2. The van der Waals surface area contributed by atoms with E-state index in [1.165, 1.54) is 4.90 Å². The van der Waals surface area contributed by atoms with Gasteiger partial charge in [-0.2, -0.15) is 0 Å². The Morgan fingerprint density at radius 1 is 1.24 bits per heavy atom. The van der Waals surface area contributed by atoms with Gasteiger partial charge in [-0.15, -0.1) is 0 Å². The lowest BCUT2D eigenvalue weighted by molar-refractivity contribution is -0.130. The summed E-state index contributed by atoms with van der Waals surface area (Å²) >= 11 is 3.48. The van der Waals surface area contributed by atoms with Gasteiger partial charge in [0.2, 0.25) is 5.91 Å². The number of imide groups is 1. The second-order valence-corrected chi connectivity index (χ2v) is 12.5. The Labute approximate surface area is 210 Å². The fraction of sp³-hybridized carbons (Fsp3) is 0.385. The second kappa shape index (κ2) is 10.8. The van der Waals surface area contributed by atoms with Crippen molar-refractivity contribution in [1.29, 1.82) is 0 Å². The first kappa shape index (κ1) is 26.1. The molecule has 0 aromatic heterocycles. The Bertz CT molecular complexity index is 1090. The summed E-state index contributed by atoms with van der Waals surface area (Å²) in [5, 5.41) is 0. The van der Waals surface area contributed by atoms with Crippen molar-refractivity contribution in [3.05, 3.63) is 69.7 Å². The summed E-state index contributed by atoms with van der Waals surface area (Å²) in [6.07, 6.45) is 4.47. The molecule has 2 aromatic rings. The summed E-state index contributed by atoms with van der Waals surface area (Å²) in [6, 6.07) is 14.3. The summed E-state index contributed by atoms with van der Waals surface area (Å²) in [4.78, 5) is 39.8. The third kappa shape index (κ3) is 6.77. The SMILES string of the molecule is C=[P+](C)CC1COC(=O)N1C(=O)C(Cc1ccc(C(=O)OC(C)(C)C)cc1)c1cccc(Br)c1. The Balaban J connectivity index is 1.89. The maximum Gasteiger partial charge on any atom is 0.417 e. The molecule has 34 heavy (non-hydrogen) atoms.